The van der Waals surface area contributed by atoms with Gasteiger partial charge in [0.15, 0.2) is 0 Å². The molecule has 1 fully saturated rings. The van der Waals surface area contributed by atoms with E-state index in [1.165, 1.54) is 7.11 Å². The highest BCUT2D eigenvalue weighted by Crippen LogP contribution is 2.20. The van der Waals surface area contributed by atoms with Crippen LogP contribution in [0.3, 0.4) is 0 Å². The molecule has 0 spiro atoms. The van der Waals surface area contributed by atoms with Gasteiger partial charge in [0.05, 0.1) is 7.11 Å². The van der Waals surface area contributed by atoms with Gasteiger partial charge in [-0.15, -0.1) is 0 Å². The number of hydrogen-bond acceptors (Lipinski definition) is 7. The van der Waals surface area contributed by atoms with E-state index in [9.17, 15) is 0 Å². The van der Waals surface area contributed by atoms with E-state index in [-0.39, 0.29) is 12.0 Å². The Morgan fingerprint density at radius 1 is 1.28 bits per heavy atom. The molecule has 18 heavy (non-hydrogen) atoms. The second-order valence-corrected chi connectivity index (χ2v) is 4.63. The van der Waals surface area contributed by atoms with Gasteiger partial charge >= 0.3 is 6.01 Å². The highest BCUT2D eigenvalue weighted by Gasteiger charge is 2.23. The van der Waals surface area contributed by atoms with Gasteiger partial charge in [0.1, 0.15) is 0 Å². The summed E-state index contributed by atoms with van der Waals surface area (Å²) >= 11 is 0. The van der Waals surface area contributed by atoms with E-state index in [0.717, 1.165) is 25.9 Å². The van der Waals surface area contributed by atoms with Crippen LogP contribution < -0.4 is 15.4 Å². The number of piperidine rings is 1. The molecule has 0 radical (unpaired) electrons. The summed E-state index contributed by atoms with van der Waals surface area (Å²) in [6.07, 6.45) is 2.20. The monoisotopic (exact) mass is 252 g/mol. The standard InChI is InChI=1S/C11H20N6O/c1-16-6-4-8(5-7-16)17(2)10-13-9(12)14-11(15-10)18-3/h8H,4-7H2,1-3H3,(H2,12,13,14,15). The van der Waals surface area contributed by atoms with E-state index in [0.29, 0.717) is 12.0 Å². The molecule has 0 bridgehead atoms. The molecule has 0 amide bonds. The first-order chi connectivity index (χ1) is 8.60. The molecule has 2 rings (SSSR count). The molecule has 2 heterocycles. The van der Waals surface area contributed by atoms with Gasteiger partial charge in [-0.05, 0) is 33.0 Å². The number of aromatic nitrogens is 3. The largest absolute Gasteiger partial charge is 0.467 e. The fraction of sp³-hybridized carbons (Fsp3) is 0.727. The normalized spacial score (nSPS) is 17.7. The number of nitrogens with zero attached hydrogens (tertiary/aromatic N) is 5. The van der Waals surface area contributed by atoms with Crippen molar-refractivity contribution in [1.29, 1.82) is 0 Å². The summed E-state index contributed by atoms with van der Waals surface area (Å²) in [4.78, 5) is 16.7. The molecule has 7 heteroatoms. The zero-order valence-electron chi connectivity index (χ0n) is 11.1. The van der Waals surface area contributed by atoms with E-state index in [4.69, 9.17) is 10.5 Å². The highest BCUT2D eigenvalue weighted by molar-refractivity contribution is 5.36. The Kier molecular flexibility index (Phi) is 3.81. The van der Waals surface area contributed by atoms with Gasteiger partial charge in [-0.1, -0.05) is 0 Å². The molecule has 0 aromatic carbocycles. The zero-order chi connectivity index (χ0) is 13.1. The van der Waals surface area contributed by atoms with Crippen LogP contribution in [0, 0.1) is 0 Å². The third kappa shape index (κ3) is 2.79. The summed E-state index contributed by atoms with van der Waals surface area (Å²) in [6, 6.07) is 0.699. The topological polar surface area (TPSA) is 80.4 Å². The first-order valence-corrected chi connectivity index (χ1v) is 6.07. The first-order valence-electron chi connectivity index (χ1n) is 6.07. The number of anilines is 2. The molecule has 1 aliphatic heterocycles. The lowest BCUT2D eigenvalue weighted by molar-refractivity contribution is 0.251. The van der Waals surface area contributed by atoms with Gasteiger partial charge in [-0.3, -0.25) is 0 Å². The summed E-state index contributed by atoms with van der Waals surface area (Å²) in [6.45, 7) is 2.18. The third-order valence-electron chi connectivity index (χ3n) is 3.35. The minimum atomic E-state index is 0.191. The van der Waals surface area contributed by atoms with Crippen LogP contribution in [0.25, 0.3) is 0 Å². The number of likely N-dealkylation sites (tertiary alicyclic amines) is 1. The molecule has 1 aromatic heterocycles. The molecule has 0 atom stereocenters. The van der Waals surface area contributed by atoms with E-state index < -0.39 is 0 Å². The number of methoxy groups -OCH3 is 1. The minimum absolute atomic E-state index is 0.191. The fourth-order valence-corrected chi connectivity index (χ4v) is 2.16. The van der Waals surface area contributed by atoms with E-state index in [1.54, 1.807) is 0 Å². The molecule has 2 N–H and O–H groups in total. The molecule has 1 aromatic rings. The summed E-state index contributed by atoms with van der Waals surface area (Å²) < 4.78 is 5.01. The average Bonchev–Trinajstić information content (AvgIpc) is 2.38. The Balaban J connectivity index is 2.12. The van der Waals surface area contributed by atoms with Crippen LogP contribution in [-0.2, 0) is 0 Å². The Morgan fingerprint density at radius 3 is 2.56 bits per heavy atom. The van der Waals surface area contributed by atoms with Gasteiger partial charge in [0.2, 0.25) is 11.9 Å². The predicted molar refractivity (Wildman–Crippen MR) is 69.7 cm³/mol. The maximum Gasteiger partial charge on any atom is 0.322 e. The van der Waals surface area contributed by atoms with Gasteiger partial charge in [-0.2, -0.15) is 15.0 Å². The summed E-state index contributed by atoms with van der Waals surface area (Å²) in [5.41, 5.74) is 5.65. The number of hydrogen-bond donors (Lipinski definition) is 1. The lowest BCUT2D eigenvalue weighted by Gasteiger charge is -2.35. The van der Waals surface area contributed by atoms with E-state index in [1.807, 2.05) is 7.05 Å². The Morgan fingerprint density at radius 2 is 1.94 bits per heavy atom. The predicted octanol–water partition coefficient (Wildman–Crippen LogP) is -0.00720. The van der Waals surface area contributed by atoms with Crippen LogP contribution in [0.5, 0.6) is 6.01 Å². The van der Waals surface area contributed by atoms with Crippen LogP contribution in [0.4, 0.5) is 11.9 Å². The fourth-order valence-electron chi connectivity index (χ4n) is 2.16. The lowest BCUT2D eigenvalue weighted by Crippen LogP contribution is -2.42. The zero-order valence-corrected chi connectivity index (χ0v) is 11.1. The second-order valence-electron chi connectivity index (χ2n) is 4.63. The quantitative estimate of drug-likeness (QED) is 0.810. The van der Waals surface area contributed by atoms with Crippen LogP contribution in [0.15, 0.2) is 0 Å². The summed E-state index contributed by atoms with van der Waals surface area (Å²) in [5, 5.41) is 0. The molecule has 1 saturated heterocycles. The molecule has 0 aliphatic carbocycles. The molecule has 7 nitrogen and oxygen atoms in total. The van der Waals surface area contributed by atoms with Crippen molar-refractivity contribution < 1.29 is 4.74 Å². The summed E-state index contributed by atoms with van der Waals surface area (Å²) in [7, 11) is 5.65. The van der Waals surface area contributed by atoms with Crippen molar-refractivity contribution in [3.05, 3.63) is 0 Å². The summed E-state index contributed by atoms with van der Waals surface area (Å²) in [5.74, 6) is 0.769. The highest BCUT2D eigenvalue weighted by atomic mass is 16.5. The van der Waals surface area contributed by atoms with Crippen molar-refractivity contribution in [1.82, 2.24) is 19.9 Å². The number of rotatable bonds is 3. The Bertz CT molecular complexity index is 405. The molecule has 100 valence electrons. The number of nitrogen functional groups attached to an aromatic ring is 1. The van der Waals surface area contributed by atoms with Crippen molar-refractivity contribution in [3.63, 3.8) is 0 Å². The Labute approximate surface area is 107 Å². The molecular formula is C11H20N6O. The molecule has 0 unspecified atom stereocenters. The van der Waals surface area contributed by atoms with Crippen molar-refractivity contribution in [2.45, 2.75) is 18.9 Å². The minimum Gasteiger partial charge on any atom is -0.467 e. The van der Waals surface area contributed by atoms with Crippen molar-refractivity contribution in [2.24, 2.45) is 0 Å². The Hall–Kier alpha value is -1.63. The van der Waals surface area contributed by atoms with Crippen molar-refractivity contribution in [3.8, 4) is 6.01 Å². The molecule has 1 aliphatic rings. The van der Waals surface area contributed by atoms with Gasteiger partial charge in [0.25, 0.3) is 0 Å². The maximum absolute atomic E-state index is 5.65. The van der Waals surface area contributed by atoms with Crippen LogP contribution in [0.2, 0.25) is 0 Å². The first kappa shape index (κ1) is 12.8. The smallest absolute Gasteiger partial charge is 0.322 e. The van der Waals surface area contributed by atoms with Crippen molar-refractivity contribution in [2.75, 3.05) is 44.9 Å². The van der Waals surface area contributed by atoms with Crippen LogP contribution >= 0.6 is 0 Å². The van der Waals surface area contributed by atoms with Gasteiger partial charge < -0.3 is 20.3 Å². The molecular weight excluding hydrogens is 232 g/mol. The second kappa shape index (κ2) is 5.34. The average molecular weight is 252 g/mol. The number of ether oxygens (including phenoxy) is 1. The molecule has 0 saturated carbocycles. The van der Waals surface area contributed by atoms with Crippen LogP contribution in [0.1, 0.15) is 12.8 Å². The van der Waals surface area contributed by atoms with Gasteiger partial charge in [-0.25, -0.2) is 0 Å². The SMILES string of the molecule is COc1nc(N)nc(N(C)C2CCN(C)CC2)n1. The van der Waals surface area contributed by atoms with E-state index >= 15 is 0 Å². The van der Waals surface area contributed by atoms with Crippen molar-refractivity contribution >= 4 is 11.9 Å². The van der Waals surface area contributed by atoms with Crippen LogP contribution in [-0.4, -0.2) is 60.2 Å². The number of nitrogens with two attached hydrogens (primary N) is 1. The van der Waals surface area contributed by atoms with Gasteiger partial charge in [0, 0.05) is 13.1 Å². The maximum atomic E-state index is 5.65. The third-order valence-corrected chi connectivity index (χ3v) is 3.35. The van der Waals surface area contributed by atoms with E-state index in [2.05, 4.69) is 31.8 Å². The lowest BCUT2D eigenvalue weighted by atomic mass is 10.0.